The van der Waals surface area contributed by atoms with Crippen molar-refractivity contribution in [1.29, 1.82) is 0 Å². The summed E-state index contributed by atoms with van der Waals surface area (Å²) in [5, 5.41) is 0. The lowest BCUT2D eigenvalue weighted by Gasteiger charge is -2.45. The topological polar surface area (TPSA) is 54.1 Å². The molecule has 2 aliphatic heterocycles. The van der Waals surface area contributed by atoms with Gasteiger partial charge in [0.25, 0.3) is 0 Å². The summed E-state index contributed by atoms with van der Waals surface area (Å²) in [6, 6.07) is 0. The fourth-order valence-electron chi connectivity index (χ4n) is 3.19. The molecule has 0 bridgehead atoms. The van der Waals surface area contributed by atoms with E-state index < -0.39 is 0 Å². The minimum absolute atomic E-state index is 0.123. The first-order valence-electron chi connectivity index (χ1n) is 7.41. The number of likely N-dealkylation sites (N-methyl/N-ethyl adjacent to an activating group) is 1. The highest BCUT2D eigenvalue weighted by Gasteiger charge is 2.45. The third-order valence-electron chi connectivity index (χ3n) is 4.29. The summed E-state index contributed by atoms with van der Waals surface area (Å²) in [6.45, 7) is 5.87. The molecule has 5 nitrogen and oxygen atoms in total. The molecule has 1 fully saturated rings. The molecule has 0 saturated carbocycles. The Morgan fingerprint density at radius 3 is 3.00 bits per heavy atom. The van der Waals surface area contributed by atoms with E-state index in [9.17, 15) is 0 Å². The minimum Gasteiger partial charge on any atom is -0.378 e. The maximum absolute atomic E-state index is 6.11. The highest BCUT2D eigenvalue weighted by atomic mass is 16.5. The number of aliphatic imine (C=N–C) groups is 1. The lowest BCUT2D eigenvalue weighted by atomic mass is 9.84. The van der Waals surface area contributed by atoms with Crippen LogP contribution in [0, 0.1) is 0 Å². The van der Waals surface area contributed by atoms with Crippen molar-refractivity contribution in [3.05, 3.63) is 0 Å². The van der Waals surface area contributed by atoms with Crippen molar-refractivity contribution in [3.8, 4) is 0 Å². The Hall–Kier alpha value is -0.810. The van der Waals surface area contributed by atoms with Gasteiger partial charge in [-0.2, -0.15) is 0 Å². The summed E-state index contributed by atoms with van der Waals surface area (Å²) in [4.78, 5) is 9.04. The van der Waals surface area contributed by atoms with Gasteiger partial charge in [0.1, 0.15) is 0 Å². The molecule has 0 aromatic heterocycles. The molecule has 2 unspecified atom stereocenters. The van der Waals surface area contributed by atoms with Gasteiger partial charge < -0.3 is 20.3 Å². The standard InChI is InChI=1S/C14H28N4O/c1-4-5-12-10-14(6-9-19-12)11-16-13(15)18(14)8-7-17(2)3/h12H,4-11H2,1-3H3,(H2,15,16). The van der Waals surface area contributed by atoms with Gasteiger partial charge in [0.2, 0.25) is 0 Å². The summed E-state index contributed by atoms with van der Waals surface area (Å²) in [5.41, 5.74) is 6.23. The van der Waals surface area contributed by atoms with Gasteiger partial charge in [0.15, 0.2) is 5.96 Å². The lowest BCUT2D eigenvalue weighted by Crippen LogP contribution is -2.57. The van der Waals surface area contributed by atoms with Gasteiger partial charge in [0.05, 0.1) is 18.2 Å². The van der Waals surface area contributed by atoms with E-state index in [1.54, 1.807) is 0 Å². The van der Waals surface area contributed by atoms with Crippen LogP contribution in [0.1, 0.15) is 32.6 Å². The van der Waals surface area contributed by atoms with Crippen molar-refractivity contribution < 1.29 is 4.74 Å². The SMILES string of the molecule is CCCC1CC2(CCO1)CN=C(N)N2CCN(C)C. The third-order valence-corrected chi connectivity index (χ3v) is 4.29. The van der Waals surface area contributed by atoms with E-state index in [1.165, 1.54) is 6.42 Å². The van der Waals surface area contributed by atoms with E-state index in [1.807, 2.05) is 0 Å². The summed E-state index contributed by atoms with van der Waals surface area (Å²) < 4.78 is 5.89. The molecule has 0 aromatic carbocycles. The maximum atomic E-state index is 6.11. The molecule has 2 rings (SSSR count). The van der Waals surface area contributed by atoms with Gasteiger partial charge in [-0.15, -0.1) is 0 Å². The van der Waals surface area contributed by atoms with Crippen LogP contribution in [0.3, 0.4) is 0 Å². The Balaban J connectivity index is 2.03. The fraction of sp³-hybridized carbons (Fsp3) is 0.929. The summed E-state index contributed by atoms with van der Waals surface area (Å²) in [7, 11) is 4.19. The zero-order valence-corrected chi connectivity index (χ0v) is 12.6. The van der Waals surface area contributed by atoms with Crippen LogP contribution in [0.25, 0.3) is 0 Å². The Kier molecular flexibility index (Phi) is 4.68. The predicted octanol–water partition coefficient (Wildman–Crippen LogP) is 0.896. The van der Waals surface area contributed by atoms with Crippen molar-refractivity contribution in [2.75, 3.05) is 40.3 Å². The molecule has 2 aliphatic rings. The molecule has 2 N–H and O–H groups in total. The maximum Gasteiger partial charge on any atom is 0.191 e. The van der Waals surface area contributed by atoms with Crippen LogP contribution in [0.15, 0.2) is 4.99 Å². The second-order valence-electron chi connectivity index (χ2n) is 6.09. The van der Waals surface area contributed by atoms with Gasteiger partial charge in [0, 0.05) is 19.7 Å². The number of hydrogen-bond donors (Lipinski definition) is 1. The highest BCUT2D eigenvalue weighted by molar-refractivity contribution is 5.81. The number of guanidine groups is 1. The van der Waals surface area contributed by atoms with Crippen LogP contribution in [-0.2, 0) is 4.74 Å². The number of nitrogens with zero attached hydrogens (tertiary/aromatic N) is 3. The predicted molar refractivity (Wildman–Crippen MR) is 78.4 cm³/mol. The van der Waals surface area contributed by atoms with Gasteiger partial charge in [-0.05, 0) is 33.4 Å². The smallest absolute Gasteiger partial charge is 0.191 e. The first-order chi connectivity index (χ1) is 9.07. The first-order valence-corrected chi connectivity index (χ1v) is 7.41. The van der Waals surface area contributed by atoms with Crippen LogP contribution in [0.4, 0.5) is 0 Å². The number of hydrogen-bond acceptors (Lipinski definition) is 5. The van der Waals surface area contributed by atoms with E-state index in [0.29, 0.717) is 6.10 Å². The van der Waals surface area contributed by atoms with E-state index in [-0.39, 0.29) is 5.54 Å². The summed E-state index contributed by atoms with van der Waals surface area (Å²) >= 11 is 0. The number of rotatable bonds is 5. The summed E-state index contributed by atoms with van der Waals surface area (Å²) in [5.74, 6) is 0.721. The molecule has 1 spiro atoms. The quantitative estimate of drug-likeness (QED) is 0.805. The van der Waals surface area contributed by atoms with Crippen LogP contribution < -0.4 is 5.73 Å². The normalized spacial score (nSPS) is 31.3. The number of ether oxygens (including phenoxy) is 1. The van der Waals surface area contributed by atoms with Crippen LogP contribution in [0.5, 0.6) is 0 Å². The first kappa shape index (κ1) is 14.6. The second kappa shape index (κ2) is 6.09. The molecule has 0 aliphatic carbocycles. The van der Waals surface area contributed by atoms with Crippen molar-refractivity contribution >= 4 is 5.96 Å². The average Bonchev–Trinajstić information content (AvgIpc) is 2.64. The van der Waals surface area contributed by atoms with E-state index >= 15 is 0 Å². The van der Waals surface area contributed by atoms with Crippen LogP contribution in [-0.4, -0.2) is 67.7 Å². The molecule has 110 valence electrons. The summed E-state index contributed by atoms with van der Waals surface area (Å²) in [6.07, 6.45) is 4.81. The van der Waals surface area contributed by atoms with Crippen LogP contribution in [0.2, 0.25) is 0 Å². The average molecular weight is 268 g/mol. The van der Waals surface area contributed by atoms with Gasteiger partial charge in [-0.25, -0.2) is 0 Å². The fourth-order valence-corrected chi connectivity index (χ4v) is 3.19. The van der Waals surface area contributed by atoms with Crippen LogP contribution >= 0.6 is 0 Å². The molecule has 0 amide bonds. The molecule has 0 aromatic rings. The van der Waals surface area contributed by atoms with E-state index in [2.05, 4.69) is 35.8 Å². The molecule has 2 atom stereocenters. The molecule has 2 heterocycles. The molecule has 0 radical (unpaired) electrons. The van der Waals surface area contributed by atoms with Crippen molar-refractivity contribution in [3.63, 3.8) is 0 Å². The third kappa shape index (κ3) is 3.20. The Bertz CT molecular complexity index is 329. The monoisotopic (exact) mass is 268 g/mol. The Morgan fingerprint density at radius 1 is 1.53 bits per heavy atom. The lowest BCUT2D eigenvalue weighted by molar-refractivity contribution is -0.0513. The molecule has 1 saturated heterocycles. The molecule has 19 heavy (non-hydrogen) atoms. The Morgan fingerprint density at radius 2 is 2.32 bits per heavy atom. The highest BCUT2D eigenvalue weighted by Crippen LogP contribution is 2.35. The zero-order valence-electron chi connectivity index (χ0n) is 12.6. The largest absolute Gasteiger partial charge is 0.378 e. The van der Waals surface area contributed by atoms with Crippen molar-refractivity contribution in [2.24, 2.45) is 10.7 Å². The van der Waals surface area contributed by atoms with E-state index in [4.69, 9.17) is 10.5 Å². The minimum atomic E-state index is 0.123. The Labute approximate surface area is 116 Å². The van der Waals surface area contributed by atoms with Crippen molar-refractivity contribution in [1.82, 2.24) is 9.80 Å². The molecule has 5 heteroatoms. The van der Waals surface area contributed by atoms with Gasteiger partial charge in [-0.1, -0.05) is 13.3 Å². The van der Waals surface area contributed by atoms with Crippen molar-refractivity contribution in [2.45, 2.75) is 44.2 Å². The number of nitrogens with two attached hydrogens (primary N) is 1. The van der Waals surface area contributed by atoms with E-state index in [0.717, 1.165) is 51.5 Å². The molecular weight excluding hydrogens is 240 g/mol. The zero-order chi connectivity index (χ0) is 13.9. The van der Waals surface area contributed by atoms with Gasteiger partial charge in [-0.3, -0.25) is 4.99 Å². The molecular formula is C14H28N4O. The van der Waals surface area contributed by atoms with Gasteiger partial charge >= 0.3 is 0 Å². The second-order valence-corrected chi connectivity index (χ2v) is 6.09.